The first-order valence-corrected chi connectivity index (χ1v) is 7.47. The summed E-state index contributed by atoms with van der Waals surface area (Å²) in [5, 5.41) is 12.1. The second-order valence-corrected chi connectivity index (χ2v) is 5.37. The summed E-state index contributed by atoms with van der Waals surface area (Å²) in [5.41, 5.74) is 3.49. The lowest BCUT2D eigenvalue weighted by Crippen LogP contribution is -2.20. The molecular formula is C13H21N5S. The summed E-state index contributed by atoms with van der Waals surface area (Å²) in [7, 11) is 3.99. The Morgan fingerprint density at radius 2 is 2.16 bits per heavy atom. The summed E-state index contributed by atoms with van der Waals surface area (Å²) in [4.78, 5) is 1.24. The largest absolute Gasteiger partial charge is 0.312 e. The Bertz CT molecular complexity index is 531. The third kappa shape index (κ3) is 3.01. The summed E-state index contributed by atoms with van der Waals surface area (Å²) in [5.74, 6) is 0. The van der Waals surface area contributed by atoms with E-state index in [-0.39, 0.29) is 6.04 Å². The molecule has 2 aromatic rings. The molecule has 0 radical (unpaired) electrons. The molecule has 2 aromatic heterocycles. The minimum atomic E-state index is 0.259. The van der Waals surface area contributed by atoms with Gasteiger partial charge in [0, 0.05) is 19.2 Å². The van der Waals surface area contributed by atoms with Crippen molar-refractivity contribution in [3.8, 4) is 0 Å². The third-order valence-electron chi connectivity index (χ3n) is 3.39. The van der Waals surface area contributed by atoms with Crippen molar-refractivity contribution in [2.75, 3.05) is 7.05 Å². The highest BCUT2D eigenvalue weighted by Gasteiger charge is 2.19. The number of hydrogen-bond donors (Lipinski definition) is 1. The average molecular weight is 279 g/mol. The van der Waals surface area contributed by atoms with Gasteiger partial charge >= 0.3 is 0 Å². The van der Waals surface area contributed by atoms with Crippen LogP contribution in [-0.2, 0) is 26.3 Å². The Balaban J connectivity index is 2.21. The van der Waals surface area contributed by atoms with Crippen LogP contribution in [0.2, 0.25) is 0 Å². The van der Waals surface area contributed by atoms with Crippen LogP contribution >= 0.6 is 11.5 Å². The first-order chi connectivity index (χ1) is 9.19. The van der Waals surface area contributed by atoms with Gasteiger partial charge in [-0.3, -0.25) is 4.68 Å². The van der Waals surface area contributed by atoms with Gasteiger partial charge in [-0.25, -0.2) is 0 Å². The predicted molar refractivity (Wildman–Crippen MR) is 77.4 cm³/mol. The highest BCUT2D eigenvalue weighted by Crippen LogP contribution is 2.24. The fourth-order valence-corrected chi connectivity index (χ4v) is 3.04. The van der Waals surface area contributed by atoms with Crippen molar-refractivity contribution < 1.29 is 0 Å². The Hall–Kier alpha value is -1.27. The van der Waals surface area contributed by atoms with Gasteiger partial charge in [0.25, 0.3) is 0 Å². The molecule has 2 heterocycles. The zero-order valence-corrected chi connectivity index (χ0v) is 12.8. The molecule has 1 N–H and O–H groups in total. The number of hydrogen-bond acceptors (Lipinski definition) is 5. The van der Waals surface area contributed by atoms with Crippen LogP contribution in [0, 0.1) is 0 Å². The van der Waals surface area contributed by atoms with Gasteiger partial charge < -0.3 is 5.32 Å². The van der Waals surface area contributed by atoms with E-state index in [2.05, 4.69) is 39.9 Å². The van der Waals surface area contributed by atoms with Crippen LogP contribution in [0.1, 0.15) is 41.8 Å². The Morgan fingerprint density at radius 3 is 2.74 bits per heavy atom. The second kappa shape index (κ2) is 6.25. The Labute approximate surface area is 118 Å². The van der Waals surface area contributed by atoms with E-state index < -0.39 is 0 Å². The van der Waals surface area contributed by atoms with Crippen LogP contribution in [0.5, 0.6) is 0 Å². The van der Waals surface area contributed by atoms with E-state index in [1.165, 1.54) is 22.1 Å². The molecule has 0 saturated carbocycles. The quantitative estimate of drug-likeness (QED) is 0.877. The second-order valence-electron chi connectivity index (χ2n) is 4.59. The van der Waals surface area contributed by atoms with Crippen molar-refractivity contribution in [3.05, 3.63) is 28.0 Å². The van der Waals surface area contributed by atoms with Gasteiger partial charge in [-0.2, -0.15) is 5.10 Å². The summed E-state index contributed by atoms with van der Waals surface area (Å²) in [6, 6.07) is 2.44. The van der Waals surface area contributed by atoms with E-state index in [0.29, 0.717) is 0 Å². The molecular weight excluding hydrogens is 258 g/mol. The lowest BCUT2D eigenvalue weighted by Gasteiger charge is -2.15. The molecule has 0 aromatic carbocycles. The van der Waals surface area contributed by atoms with Crippen molar-refractivity contribution >= 4 is 11.5 Å². The van der Waals surface area contributed by atoms with Crippen molar-refractivity contribution in [2.24, 2.45) is 7.05 Å². The van der Waals surface area contributed by atoms with Gasteiger partial charge in [-0.1, -0.05) is 18.3 Å². The lowest BCUT2D eigenvalue weighted by atomic mass is 10.1. The normalized spacial score (nSPS) is 12.8. The summed E-state index contributed by atoms with van der Waals surface area (Å²) in [6.07, 6.45) is 2.81. The lowest BCUT2D eigenvalue weighted by molar-refractivity contribution is 0.564. The molecule has 0 bridgehead atoms. The molecule has 0 aliphatic heterocycles. The summed E-state index contributed by atoms with van der Waals surface area (Å²) in [6.45, 7) is 4.25. The number of aryl methyl sites for hydroxylation is 3. The number of likely N-dealkylation sites (N-methyl/N-ethyl adjacent to an activating group) is 1. The topological polar surface area (TPSA) is 55.6 Å². The molecule has 6 heteroatoms. The SMILES string of the molecule is CCc1cc(CC(NC)c2snnc2CC)n(C)n1. The molecule has 1 atom stereocenters. The highest BCUT2D eigenvalue weighted by atomic mass is 32.1. The smallest absolute Gasteiger partial charge is 0.0801 e. The molecule has 0 spiro atoms. The highest BCUT2D eigenvalue weighted by molar-refractivity contribution is 7.05. The van der Waals surface area contributed by atoms with Crippen molar-refractivity contribution in [1.82, 2.24) is 24.7 Å². The number of aromatic nitrogens is 4. The van der Waals surface area contributed by atoms with Crippen LogP contribution in [0.3, 0.4) is 0 Å². The first kappa shape index (κ1) is 14.1. The molecule has 104 valence electrons. The molecule has 19 heavy (non-hydrogen) atoms. The monoisotopic (exact) mass is 279 g/mol. The van der Waals surface area contributed by atoms with Gasteiger partial charge in [0.1, 0.15) is 0 Å². The number of nitrogens with one attached hydrogen (secondary N) is 1. The average Bonchev–Trinajstić information content (AvgIpc) is 3.02. The molecule has 0 saturated heterocycles. The third-order valence-corrected chi connectivity index (χ3v) is 4.27. The number of rotatable bonds is 6. The Morgan fingerprint density at radius 1 is 1.37 bits per heavy atom. The van der Waals surface area contributed by atoms with E-state index in [9.17, 15) is 0 Å². The molecule has 0 aliphatic rings. The zero-order valence-electron chi connectivity index (χ0n) is 12.0. The van der Waals surface area contributed by atoms with Crippen LogP contribution < -0.4 is 5.32 Å². The van der Waals surface area contributed by atoms with Crippen molar-refractivity contribution in [2.45, 2.75) is 39.2 Å². The van der Waals surface area contributed by atoms with Crippen LogP contribution in [0.15, 0.2) is 6.07 Å². The van der Waals surface area contributed by atoms with Crippen LogP contribution in [0.4, 0.5) is 0 Å². The summed E-state index contributed by atoms with van der Waals surface area (Å²) >= 11 is 1.49. The molecule has 0 aliphatic carbocycles. The fourth-order valence-electron chi connectivity index (χ4n) is 2.20. The van der Waals surface area contributed by atoms with Crippen LogP contribution in [-0.4, -0.2) is 26.4 Å². The standard InChI is InChI=1S/C13H21N5S/c1-5-9-7-10(18(4)16-9)8-12(14-3)13-11(6-2)15-17-19-13/h7,12,14H,5-6,8H2,1-4H3. The molecule has 0 amide bonds. The first-order valence-electron chi connectivity index (χ1n) is 6.69. The van der Waals surface area contributed by atoms with Crippen molar-refractivity contribution in [3.63, 3.8) is 0 Å². The van der Waals surface area contributed by atoms with Gasteiger partial charge in [-0.15, -0.1) is 5.10 Å². The maximum atomic E-state index is 4.50. The van der Waals surface area contributed by atoms with E-state index in [1.54, 1.807) is 0 Å². The van der Waals surface area contributed by atoms with E-state index in [1.807, 2.05) is 18.8 Å². The van der Waals surface area contributed by atoms with E-state index in [4.69, 9.17) is 0 Å². The minimum Gasteiger partial charge on any atom is -0.312 e. The zero-order chi connectivity index (χ0) is 13.8. The molecule has 1 unspecified atom stereocenters. The maximum Gasteiger partial charge on any atom is 0.0801 e. The number of nitrogens with zero attached hydrogens (tertiary/aromatic N) is 4. The fraction of sp³-hybridized carbons (Fsp3) is 0.615. The van der Waals surface area contributed by atoms with Gasteiger partial charge in [0.15, 0.2) is 0 Å². The van der Waals surface area contributed by atoms with E-state index in [0.717, 1.165) is 30.7 Å². The van der Waals surface area contributed by atoms with Gasteiger partial charge in [-0.05, 0) is 37.5 Å². The maximum absolute atomic E-state index is 4.50. The predicted octanol–water partition coefficient (Wildman–Crippen LogP) is 1.90. The Kier molecular flexibility index (Phi) is 4.66. The summed E-state index contributed by atoms with van der Waals surface area (Å²) < 4.78 is 6.05. The molecule has 2 rings (SSSR count). The minimum absolute atomic E-state index is 0.259. The van der Waals surface area contributed by atoms with Gasteiger partial charge in [0.2, 0.25) is 0 Å². The van der Waals surface area contributed by atoms with Crippen LogP contribution in [0.25, 0.3) is 0 Å². The molecule has 0 fully saturated rings. The van der Waals surface area contributed by atoms with E-state index >= 15 is 0 Å². The van der Waals surface area contributed by atoms with Crippen molar-refractivity contribution in [1.29, 1.82) is 0 Å². The molecule has 5 nitrogen and oxygen atoms in total. The van der Waals surface area contributed by atoms with Gasteiger partial charge in [0.05, 0.1) is 22.3 Å².